The third-order valence-corrected chi connectivity index (χ3v) is 9.37. The highest BCUT2D eigenvalue weighted by Crippen LogP contribution is 2.44. The topological polar surface area (TPSA) is 45.5 Å². The molecule has 0 bridgehead atoms. The smallest absolute Gasteiger partial charge is 0.291 e. The van der Waals surface area contributed by atoms with Crippen LogP contribution in [0.2, 0.25) is 0 Å². The zero-order valence-corrected chi connectivity index (χ0v) is 23.3. The Morgan fingerprint density at radius 3 is 2.43 bits per heavy atom. The Bertz CT molecular complexity index is 1310. The van der Waals surface area contributed by atoms with E-state index in [0.717, 1.165) is 24.5 Å². The average molecular weight is 531 g/mol. The number of carbonyl (C=O) groups is 1. The number of thiophene rings is 1. The number of amides is 1. The number of likely N-dealkylation sites (tertiary alicyclic amines) is 1. The number of hydrogen-bond donors (Lipinski definition) is 1. The predicted octanol–water partition coefficient (Wildman–Crippen LogP) is 7.98. The van der Waals surface area contributed by atoms with E-state index < -0.39 is 0 Å². The van der Waals surface area contributed by atoms with Crippen LogP contribution in [0.25, 0.3) is 0 Å². The van der Waals surface area contributed by atoms with Crippen LogP contribution in [0.3, 0.4) is 0 Å². The Morgan fingerprint density at radius 2 is 1.78 bits per heavy atom. The number of piperidine rings is 1. The van der Waals surface area contributed by atoms with E-state index in [-0.39, 0.29) is 11.9 Å². The maximum Gasteiger partial charge on any atom is 0.291 e. The van der Waals surface area contributed by atoms with Crippen molar-refractivity contribution in [2.24, 2.45) is 5.92 Å². The van der Waals surface area contributed by atoms with Gasteiger partial charge in [-0.05, 0) is 99.3 Å². The van der Waals surface area contributed by atoms with E-state index in [4.69, 9.17) is 4.42 Å². The van der Waals surface area contributed by atoms with Gasteiger partial charge < -0.3 is 9.73 Å². The highest BCUT2D eigenvalue weighted by molar-refractivity contribution is 7.98. The van der Waals surface area contributed by atoms with Gasteiger partial charge >= 0.3 is 0 Å². The molecule has 6 heteroatoms. The number of thioether (sulfide) groups is 1. The van der Waals surface area contributed by atoms with Gasteiger partial charge in [-0.2, -0.15) is 0 Å². The molecule has 1 fully saturated rings. The van der Waals surface area contributed by atoms with Crippen molar-refractivity contribution in [3.8, 4) is 0 Å². The van der Waals surface area contributed by atoms with Gasteiger partial charge in [-0.3, -0.25) is 9.69 Å². The molecule has 3 heterocycles. The monoisotopic (exact) mass is 530 g/mol. The third kappa shape index (κ3) is 5.87. The maximum absolute atomic E-state index is 13.0. The van der Waals surface area contributed by atoms with Crippen molar-refractivity contribution in [3.63, 3.8) is 0 Å². The Hall–Kier alpha value is -2.80. The fourth-order valence-electron chi connectivity index (χ4n) is 5.35. The standard InChI is InChI=1S/C31H34N2O2S2/c1-21-22(2)37-31(32-30(34)27-10-7-19-35-27)28(21)29(25-11-13-26(36-3)14-12-25)33-17-15-24(16-18-33)20-23-8-5-4-6-9-23/h4-14,19,24,29H,15-18,20H2,1-3H3,(H,32,34)/t29-/m0/s1. The van der Waals surface area contributed by atoms with Crippen LogP contribution in [0.15, 0.2) is 82.3 Å². The first-order valence-corrected chi connectivity index (χ1v) is 14.9. The molecule has 0 saturated carbocycles. The molecule has 0 unspecified atom stereocenters. The van der Waals surface area contributed by atoms with Crippen LogP contribution in [0.4, 0.5) is 5.00 Å². The number of benzene rings is 2. The van der Waals surface area contributed by atoms with Gasteiger partial charge in [0.05, 0.1) is 12.3 Å². The number of nitrogens with zero attached hydrogens (tertiary/aromatic N) is 1. The molecule has 1 atom stereocenters. The second kappa shape index (κ2) is 11.7. The van der Waals surface area contributed by atoms with Gasteiger partial charge in [0.25, 0.3) is 5.91 Å². The summed E-state index contributed by atoms with van der Waals surface area (Å²) in [6, 6.07) is 23.3. The first kappa shape index (κ1) is 25.8. The van der Waals surface area contributed by atoms with Crippen molar-refractivity contribution in [2.75, 3.05) is 24.7 Å². The Labute approximate surface area is 228 Å². The summed E-state index contributed by atoms with van der Waals surface area (Å²) in [6.45, 7) is 6.40. The van der Waals surface area contributed by atoms with E-state index >= 15 is 0 Å². The molecule has 1 amide bonds. The van der Waals surface area contributed by atoms with E-state index in [2.05, 4.69) is 84.9 Å². The second-order valence-electron chi connectivity index (χ2n) is 9.80. The minimum Gasteiger partial charge on any atom is -0.459 e. The molecule has 1 aliphatic heterocycles. The van der Waals surface area contributed by atoms with Crippen LogP contribution >= 0.6 is 23.1 Å². The van der Waals surface area contributed by atoms with Crippen molar-refractivity contribution in [1.82, 2.24) is 4.90 Å². The molecule has 2 aromatic heterocycles. The zero-order valence-electron chi connectivity index (χ0n) is 21.7. The molecule has 1 aliphatic rings. The van der Waals surface area contributed by atoms with Gasteiger partial charge in [0.1, 0.15) is 5.00 Å². The van der Waals surface area contributed by atoms with Crippen LogP contribution < -0.4 is 5.32 Å². The predicted molar refractivity (Wildman–Crippen MR) is 155 cm³/mol. The number of hydrogen-bond acceptors (Lipinski definition) is 5. The van der Waals surface area contributed by atoms with Crippen molar-refractivity contribution in [1.29, 1.82) is 0 Å². The van der Waals surface area contributed by atoms with Gasteiger partial charge in [0, 0.05) is 15.3 Å². The van der Waals surface area contributed by atoms with Crippen LogP contribution in [0.1, 0.15) is 56.6 Å². The fraction of sp³-hybridized carbons (Fsp3) is 0.323. The van der Waals surface area contributed by atoms with Gasteiger partial charge in [-0.25, -0.2) is 0 Å². The molecular weight excluding hydrogens is 496 g/mol. The summed E-state index contributed by atoms with van der Waals surface area (Å²) in [5.74, 6) is 0.824. The molecule has 4 nitrogen and oxygen atoms in total. The van der Waals surface area contributed by atoms with E-state index in [1.807, 2.05) is 0 Å². The molecule has 0 radical (unpaired) electrons. The SMILES string of the molecule is CSc1ccc([C@@H](c2c(NC(=O)c3ccco3)sc(C)c2C)N2CCC(Cc3ccccc3)CC2)cc1. The van der Waals surface area contributed by atoms with Gasteiger partial charge in [-0.1, -0.05) is 42.5 Å². The van der Waals surface area contributed by atoms with E-state index in [9.17, 15) is 4.79 Å². The molecule has 5 rings (SSSR count). The molecule has 0 aliphatic carbocycles. The van der Waals surface area contributed by atoms with Crippen LogP contribution in [0.5, 0.6) is 0 Å². The lowest BCUT2D eigenvalue weighted by atomic mass is 9.87. The highest BCUT2D eigenvalue weighted by atomic mass is 32.2. The lowest BCUT2D eigenvalue weighted by molar-refractivity contribution is 0.0996. The number of carbonyl (C=O) groups excluding carboxylic acids is 1. The number of rotatable bonds is 8. The first-order valence-electron chi connectivity index (χ1n) is 12.9. The lowest BCUT2D eigenvalue weighted by Gasteiger charge is -2.38. The quantitative estimate of drug-likeness (QED) is 0.235. The summed E-state index contributed by atoms with van der Waals surface area (Å²) in [5, 5.41) is 4.10. The number of aryl methyl sites for hydroxylation is 1. The van der Waals surface area contributed by atoms with Crippen molar-refractivity contribution in [3.05, 3.63) is 106 Å². The maximum atomic E-state index is 13.0. The summed E-state index contributed by atoms with van der Waals surface area (Å²) in [4.78, 5) is 18.1. The Balaban J connectivity index is 1.44. The fourth-order valence-corrected chi connectivity index (χ4v) is 6.84. The molecule has 1 N–H and O–H groups in total. The average Bonchev–Trinajstić information content (AvgIpc) is 3.56. The number of nitrogens with one attached hydrogen (secondary N) is 1. The van der Waals surface area contributed by atoms with Gasteiger partial charge in [-0.15, -0.1) is 23.1 Å². The van der Waals surface area contributed by atoms with E-state index in [1.165, 1.54) is 51.1 Å². The third-order valence-electron chi connectivity index (χ3n) is 7.49. The van der Waals surface area contributed by atoms with Crippen molar-refractivity contribution >= 4 is 34.0 Å². The summed E-state index contributed by atoms with van der Waals surface area (Å²) in [7, 11) is 0. The summed E-state index contributed by atoms with van der Waals surface area (Å²) < 4.78 is 5.37. The molecular formula is C31H34N2O2S2. The lowest BCUT2D eigenvalue weighted by Crippen LogP contribution is -2.38. The molecule has 4 aromatic rings. The molecule has 0 spiro atoms. The van der Waals surface area contributed by atoms with Gasteiger partial charge in [0.2, 0.25) is 0 Å². The van der Waals surface area contributed by atoms with Gasteiger partial charge in [0.15, 0.2) is 5.76 Å². The zero-order chi connectivity index (χ0) is 25.8. The normalized spacial score (nSPS) is 15.5. The van der Waals surface area contributed by atoms with Crippen molar-refractivity contribution in [2.45, 2.75) is 44.0 Å². The number of anilines is 1. The van der Waals surface area contributed by atoms with E-state index in [0.29, 0.717) is 11.7 Å². The Kier molecular flexibility index (Phi) is 8.18. The summed E-state index contributed by atoms with van der Waals surface area (Å²) >= 11 is 3.42. The largest absolute Gasteiger partial charge is 0.459 e. The minimum atomic E-state index is -0.203. The van der Waals surface area contributed by atoms with Crippen molar-refractivity contribution < 1.29 is 9.21 Å². The molecule has 2 aromatic carbocycles. The van der Waals surface area contributed by atoms with E-state index in [1.54, 1.807) is 35.2 Å². The first-order chi connectivity index (χ1) is 18.0. The second-order valence-corrected chi connectivity index (χ2v) is 11.9. The number of furan rings is 1. The van der Waals surface area contributed by atoms with Crippen LogP contribution in [0, 0.1) is 19.8 Å². The summed E-state index contributed by atoms with van der Waals surface area (Å²) in [6.07, 6.45) is 7.13. The summed E-state index contributed by atoms with van der Waals surface area (Å²) in [5.41, 5.74) is 5.16. The molecule has 192 valence electrons. The Morgan fingerprint density at radius 1 is 1.05 bits per heavy atom. The van der Waals surface area contributed by atoms with Crippen LogP contribution in [-0.4, -0.2) is 30.2 Å². The molecule has 37 heavy (non-hydrogen) atoms. The minimum absolute atomic E-state index is 0.0884. The van der Waals surface area contributed by atoms with Crippen LogP contribution in [-0.2, 0) is 6.42 Å². The molecule has 1 saturated heterocycles. The highest BCUT2D eigenvalue weighted by Gasteiger charge is 2.32.